The zero-order valence-electron chi connectivity index (χ0n) is 12.5. The lowest BCUT2D eigenvalue weighted by Crippen LogP contribution is -2.39. The van der Waals surface area contributed by atoms with Crippen LogP contribution in [-0.4, -0.2) is 30.3 Å². The van der Waals surface area contributed by atoms with Crippen molar-refractivity contribution < 1.29 is 23.4 Å². The number of benzene rings is 1. The minimum Gasteiger partial charge on any atom is -0.491 e. The van der Waals surface area contributed by atoms with Gasteiger partial charge < -0.3 is 15.2 Å². The van der Waals surface area contributed by atoms with E-state index in [-0.39, 0.29) is 24.9 Å². The minimum absolute atomic E-state index is 0.173. The van der Waals surface area contributed by atoms with Gasteiger partial charge in [0, 0.05) is 0 Å². The van der Waals surface area contributed by atoms with Crippen molar-refractivity contribution in [2.75, 3.05) is 13.2 Å². The molecule has 1 amide bonds. The Bertz CT molecular complexity index is 492. The second-order valence-corrected chi connectivity index (χ2v) is 5.15. The van der Waals surface area contributed by atoms with Crippen molar-refractivity contribution in [2.24, 2.45) is 5.92 Å². The van der Waals surface area contributed by atoms with E-state index >= 15 is 0 Å². The molecule has 6 heteroatoms. The first-order valence-electron chi connectivity index (χ1n) is 6.93. The number of carbonyl (C=O) groups is 1. The lowest BCUT2D eigenvalue weighted by Gasteiger charge is -2.19. The van der Waals surface area contributed by atoms with Crippen LogP contribution in [0.3, 0.4) is 0 Å². The Balaban J connectivity index is 2.98. The lowest BCUT2D eigenvalue weighted by atomic mass is 10.0. The van der Waals surface area contributed by atoms with E-state index in [1.807, 2.05) is 13.8 Å². The Kier molecular flexibility index (Phi) is 6.55. The summed E-state index contributed by atoms with van der Waals surface area (Å²) >= 11 is 0. The van der Waals surface area contributed by atoms with E-state index < -0.39 is 29.1 Å². The summed E-state index contributed by atoms with van der Waals surface area (Å²) in [6.07, 6.45) is 0.511. The summed E-state index contributed by atoms with van der Waals surface area (Å²) < 4.78 is 32.8. The largest absolute Gasteiger partial charge is 0.491 e. The van der Waals surface area contributed by atoms with Crippen molar-refractivity contribution in [3.63, 3.8) is 0 Å². The number of amides is 1. The normalized spacial score (nSPS) is 12.3. The van der Waals surface area contributed by atoms with Crippen LogP contribution < -0.4 is 10.1 Å². The number of rotatable bonds is 7. The Morgan fingerprint density at radius 2 is 2.05 bits per heavy atom. The van der Waals surface area contributed by atoms with Crippen molar-refractivity contribution >= 4 is 5.91 Å². The van der Waals surface area contributed by atoms with E-state index in [9.17, 15) is 18.7 Å². The predicted molar refractivity (Wildman–Crippen MR) is 75.3 cm³/mol. The van der Waals surface area contributed by atoms with Crippen molar-refractivity contribution in [2.45, 2.75) is 33.2 Å². The third-order valence-corrected chi connectivity index (χ3v) is 2.89. The molecule has 4 nitrogen and oxygen atoms in total. The van der Waals surface area contributed by atoms with Gasteiger partial charge in [0.1, 0.15) is 11.4 Å². The standard InChI is InChI=1S/C15H21F2NO3/c1-4-21-12-6-5-11(16)13(14(12)17)15(20)18-10(8-19)7-9(2)3/h5-6,9-10,19H,4,7-8H2,1-3H3,(H,18,20). The van der Waals surface area contributed by atoms with Crippen LogP contribution in [0.4, 0.5) is 8.78 Å². The molecule has 0 aromatic heterocycles. The number of aliphatic hydroxyl groups excluding tert-OH is 1. The molecule has 0 spiro atoms. The van der Waals surface area contributed by atoms with Crippen molar-refractivity contribution in [1.82, 2.24) is 5.32 Å². The predicted octanol–water partition coefficient (Wildman–Crippen LogP) is 2.50. The van der Waals surface area contributed by atoms with Crippen LogP contribution in [0.25, 0.3) is 0 Å². The number of hydrogen-bond donors (Lipinski definition) is 2. The number of ether oxygens (including phenoxy) is 1. The highest BCUT2D eigenvalue weighted by molar-refractivity contribution is 5.95. The number of carbonyl (C=O) groups excluding carboxylic acids is 1. The van der Waals surface area contributed by atoms with Gasteiger partial charge in [-0.1, -0.05) is 13.8 Å². The molecular weight excluding hydrogens is 280 g/mol. The summed E-state index contributed by atoms with van der Waals surface area (Å²) in [5.41, 5.74) is -0.692. The molecule has 0 aliphatic carbocycles. The molecular formula is C15H21F2NO3. The summed E-state index contributed by atoms with van der Waals surface area (Å²) in [7, 11) is 0. The SMILES string of the molecule is CCOc1ccc(F)c(C(=O)NC(CO)CC(C)C)c1F. The van der Waals surface area contributed by atoms with E-state index in [2.05, 4.69) is 5.32 Å². The summed E-state index contributed by atoms with van der Waals surface area (Å²) in [6, 6.07) is 1.58. The number of aliphatic hydroxyl groups is 1. The van der Waals surface area contributed by atoms with E-state index in [1.165, 1.54) is 0 Å². The maximum Gasteiger partial charge on any atom is 0.257 e. The molecule has 0 aliphatic rings. The second-order valence-electron chi connectivity index (χ2n) is 5.15. The molecule has 1 aromatic carbocycles. The topological polar surface area (TPSA) is 58.6 Å². The van der Waals surface area contributed by atoms with E-state index in [4.69, 9.17) is 4.74 Å². The first-order chi connectivity index (χ1) is 9.90. The van der Waals surface area contributed by atoms with Gasteiger partial charge in [-0.05, 0) is 31.4 Å². The Labute approximate surface area is 123 Å². The number of nitrogens with one attached hydrogen (secondary N) is 1. The molecule has 0 saturated carbocycles. The maximum atomic E-state index is 14.1. The summed E-state index contributed by atoms with van der Waals surface area (Å²) in [4.78, 5) is 12.0. The molecule has 1 atom stereocenters. The Hall–Kier alpha value is -1.69. The van der Waals surface area contributed by atoms with Crippen LogP contribution in [0.2, 0.25) is 0 Å². The molecule has 118 valence electrons. The fraction of sp³-hybridized carbons (Fsp3) is 0.533. The molecule has 1 aromatic rings. The first kappa shape index (κ1) is 17.4. The van der Waals surface area contributed by atoms with Gasteiger partial charge in [-0.2, -0.15) is 0 Å². The van der Waals surface area contributed by atoms with Crippen LogP contribution in [0.1, 0.15) is 37.6 Å². The monoisotopic (exact) mass is 301 g/mol. The molecule has 21 heavy (non-hydrogen) atoms. The molecule has 2 N–H and O–H groups in total. The zero-order chi connectivity index (χ0) is 16.0. The van der Waals surface area contributed by atoms with Crippen molar-refractivity contribution in [3.8, 4) is 5.75 Å². The fourth-order valence-corrected chi connectivity index (χ4v) is 2.01. The van der Waals surface area contributed by atoms with Crippen LogP contribution in [0.15, 0.2) is 12.1 Å². The van der Waals surface area contributed by atoms with E-state index in [0.717, 1.165) is 12.1 Å². The van der Waals surface area contributed by atoms with Gasteiger partial charge in [-0.3, -0.25) is 4.79 Å². The summed E-state index contributed by atoms with van der Waals surface area (Å²) in [5, 5.41) is 11.7. The molecule has 0 aliphatic heterocycles. The summed E-state index contributed by atoms with van der Waals surface area (Å²) in [6.45, 7) is 5.42. The molecule has 1 unspecified atom stereocenters. The van der Waals surface area contributed by atoms with Gasteiger partial charge in [-0.15, -0.1) is 0 Å². The lowest BCUT2D eigenvalue weighted by molar-refractivity contribution is 0.0898. The highest BCUT2D eigenvalue weighted by Crippen LogP contribution is 2.23. The third-order valence-electron chi connectivity index (χ3n) is 2.89. The highest BCUT2D eigenvalue weighted by atomic mass is 19.1. The van der Waals surface area contributed by atoms with Gasteiger partial charge in [0.15, 0.2) is 11.6 Å². The van der Waals surface area contributed by atoms with Gasteiger partial charge in [0.05, 0.1) is 19.3 Å². The second kappa shape index (κ2) is 7.93. The van der Waals surface area contributed by atoms with E-state index in [0.29, 0.717) is 6.42 Å². The van der Waals surface area contributed by atoms with Crippen LogP contribution in [0.5, 0.6) is 5.75 Å². The van der Waals surface area contributed by atoms with Crippen LogP contribution >= 0.6 is 0 Å². The van der Waals surface area contributed by atoms with Gasteiger partial charge in [-0.25, -0.2) is 8.78 Å². The minimum atomic E-state index is -1.03. The first-order valence-corrected chi connectivity index (χ1v) is 6.93. The average Bonchev–Trinajstić information content (AvgIpc) is 2.41. The van der Waals surface area contributed by atoms with Crippen molar-refractivity contribution in [3.05, 3.63) is 29.3 Å². The highest BCUT2D eigenvalue weighted by Gasteiger charge is 2.23. The zero-order valence-corrected chi connectivity index (χ0v) is 12.5. The molecule has 1 rings (SSSR count). The molecule has 0 fully saturated rings. The molecule has 0 saturated heterocycles. The number of hydrogen-bond acceptors (Lipinski definition) is 3. The number of halogens is 2. The summed E-state index contributed by atoms with van der Waals surface area (Å²) in [5.74, 6) is -2.84. The fourth-order valence-electron chi connectivity index (χ4n) is 2.01. The Morgan fingerprint density at radius 1 is 1.38 bits per heavy atom. The van der Waals surface area contributed by atoms with Gasteiger partial charge in [0.25, 0.3) is 5.91 Å². The quantitative estimate of drug-likeness (QED) is 0.813. The van der Waals surface area contributed by atoms with Gasteiger partial charge >= 0.3 is 0 Å². The van der Waals surface area contributed by atoms with Crippen LogP contribution in [-0.2, 0) is 0 Å². The Morgan fingerprint density at radius 3 is 2.57 bits per heavy atom. The molecule has 0 heterocycles. The maximum absolute atomic E-state index is 14.1. The van der Waals surface area contributed by atoms with E-state index in [1.54, 1.807) is 6.92 Å². The molecule has 0 bridgehead atoms. The third kappa shape index (κ3) is 4.67. The molecule has 0 radical (unpaired) electrons. The van der Waals surface area contributed by atoms with Crippen molar-refractivity contribution in [1.29, 1.82) is 0 Å². The smallest absolute Gasteiger partial charge is 0.257 e. The van der Waals surface area contributed by atoms with Gasteiger partial charge in [0.2, 0.25) is 0 Å². The van der Waals surface area contributed by atoms with Crippen LogP contribution in [0, 0.1) is 17.6 Å². The average molecular weight is 301 g/mol.